The van der Waals surface area contributed by atoms with Crippen molar-refractivity contribution in [3.63, 3.8) is 0 Å². The minimum Gasteiger partial charge on any atom is -0.481 e. The summed E-state index contributed by atoms with van der Waals surface area (Å²) >= 11 is 0. The Hall–Kier alpha value is -4.55. The molecule has 2 amide bonds. The van der Waals surface area contributed by atoms with E-state index < -0.39 is 71.3 Å². The van der Waals surface area contributed by atoms with Crippen molar-refractivity contribution in [2.24, 2.45) is 0 Å². The van der Waals surface area contributed by atoms with Crippen molar-refractivity contribution in [3.8, 4) is 17.0 Å². The molecule has 0 aliphatic heterocycles. The molecule has 0 fully saturated rings. The monoisotopic (exact) mass is 593 g/mol. The number of aromatic nitrogens is 1. The number of nitrogens with zero attached hydrogens (tertiary/aromatic N) is 1. The molecule has 0 saturated carbocycles. The molecule has 0 aliphatic rings. The number of ether oxygens (including phenoxy) is 1. The van der Waals surface area contributed by atoms with Gasteiger partial charge in [0.1, 0.15) is 11.6 Å². The third kappa shape index (κ3) is 8.02. The lowest BCUT2D eigenvalue weighted by molar-refractivity contribution is -0.276. The van der Waals surface area contributed by atoms with E-state index in [1.54, 1.807) is 39.0 Å². The molecule has 224 valence electrons. The van der Waals surface area contributed by atoms with E-state index in [1.807, 2.05) is 0 Å². The van der Waals surface area contributed by atoms with Crippen LogP contribution in [0.4, 0.5) is 22.0 Å². The fourth-order valence-electron chi connectivity index (χ4n) is 4.51. The molecule has 1 heterocycles. The molecular formula is C29H28F5N3O5. The second-order valence-corrected chi connectivity index (χ2v) is 9.51. The number of nitrogens with one attached hydrogen (secondary N) is 2. The number of hydrogen-bond donors (Lipinski definition) is 3. The number of rotatable bonds is 11. The molecule has 2 atom stereocenters. The third-order valence-corrected chi connectivity index (χ3v) is 6.32. The van der Waals surface area contributed by atoms with E-state index in [9.17, 15) is 37.1 Å². The number of carboxylic acid groups (broad SMARTS) is 1. The summed E-state index contributed by atoms with van der Waals surface area (Å²) in [5.74, 6) is -7.18. The number of halogens is 5. The third-order valence-electron chi connectivity index (χ3n) is 6.32. The van der Waals surface area contributed by atoms with Crippen LogP contribution in [0.2, 0.25) is 0 Å². The van der Waals surface area contributed by atoms with Gasteiger partial charge < -0.3 is 20.5 Å². The van der Waals surface area contributed by atoms with Gasteiger partial charge in [0, 0.05) is 11.8 Å². The molecule has 0 unspecified atom stereocenters. The van der Waals surface area contributed by atoms with E-state index in [0.29, 0.717) is 12.0 Å². The summed E-state index contributed by atoms with van der Waals surface area (Å²) in [6.45, 7) is 5.20. The maximum atomic E-state index is 15.1. The molecule has 3 rings (SSSR count). The summed E-state index contributed by atoms with van der Waals surface area (Å²) in [5, 5.41) is 14.2. The predicted octanol–water partition coefficient (Wildman–Crippen LogP) is 5.77. The van der Waals surface area contributed by atoms with Gasteiger partial charge in [-0.05, 0) is 66.8 Å². The van der Waals surface area contributed by atoms with Crippen LogP contribution < -0.4 is 15.4 Å². The van der Waals surface area contributed by atoms with Gasteiger partial charge in [-0.2, -0.15) is 0 Å². The first kappa shape index (κ1) is 32.0. The van der Waals surface area contributed by atoms with Gasteiger partial charge in [-0.15, -0.1) is 13.2 Å². The van der Waals surface area contributed by atoms with Crippen LogP contribution in [0.15, 0.2) is 48.7 Å². The average Bonchev–Trinajstić information content (AvgIpc) is 2.88. The molecule has 0 saturated heterocycles. The number of pyridine rings is 1. The minimum atomic E-state index is -5.14. The second kappa shape index (κ2) is 13.4. The van der Waals surface area contributed by atoms with E-state index >= 15 is 4.39 Å². The number of aryl methyl sites for hydroxylation is 2. The number of carboxylic acids is 1. The highest BCUT2D eigenvalue weighted by atomic mass is 19.4. The molecule has 0 aliphatic carbocycles. The SMILES string of the molecule is CCC[C@H](NC(=O)c1cccnc1OC(F)(F)F)C(=O)N[C@@H](CC(=O)O)c1cc(-c2c(C)cccc2C)cc(F)c1F. The van der Waals surface area contributed by atoms with Crippen molar-refractivity contribution in [2.75, 3.05) is 0 Å². The van der Waals surface area contributed by atoms with E-state index in [4.69, 9.17) is 0 Å². The quantitative estimate of drug-likeness (QED) is 0.243. The van der Waals surface area contributed by atoms with Crippen LogP contribution in [-0.4, -0.2) is 40.3 Å². The zero-order chi connectivity index (χ0) is 31.2. The van der Waals surface area contributed by atoms with Gasteiger partial charge in [0.2, 0.25) is 11.8 Å². The molecule has 0 bridgehead atoms. The summed E-state index contributed by atoms with van der Waals surface area (Å²) in [5.41, 5.74) is 1.32. The number of aliphatic carboxylic acids is 1. The number of alkyl halides is 3. The van der Waals surface area contributed by atoms with E-state index in [1.165, 1.54) is 12.1 Å². The summed E-state index contributed by atoms with van der Waals surface area (Å²) in [6, 6.07) is 6.81. The Morgan fingerprint density at radius 2 is 1.69 bits per heavy atom. The van der Waals surface area contributed by atoms with Crippen molar-refractivity contribution in [1.82, 2.24) is 15.6 Å². The Morgan fingerprint density at radius 1 is 1.02 bits per heavy atom. The van der Waals surface area contributed by atoms with Crippen LogP contribution >= 0.6 is 0 Å². The van der Waals surface area contributed by atoms with Crippen LogP contribution in [0.3, 0.4) is 0 Å². The Labute approximate surface area is 237 Å². The van der Waals surface area contributed by atoms with Crippen molar-refractivity contribution in [3.05, 3.63) is 82.5 Å². The fraction of sp³-hybridized carbons (Fsp3) is 0.310. The van der Waals surface area contributed by atoms with Crippen molar-refractivity contribution >= 4 is 17.8 Å². The lowest BCUT2D eigenvalue weighted by Crippen LogP contribution is -2.48. The highest BCUT2D eigenvalue weighted by Gasteiger charge is 2.34. The molecular weight excluding hydrogens is 565 g/mol. The topological polar surface area (TPSA) is 118 Å². The molecule has 13 heteroatoms. The van der Waals surface area contributed by atoms with E-state index in [0.717, 1.165) is 29.5 Å². The van der Waals surface area contributed by atoms with Crippen molar-refractivity contribution in [2.45, 2.75) is 58.5 Å². The Balaban J connectivity index is 1.95. The van der Waals surface area contributed by atoms with Crippen LogP contribution in [0.1, 0.15) is 59.3 Å². The van der Waals surface area contributed by atoms with Crippen LogP contribution in [0.25, 0.3) is 11.1 Å². The van der Waals surface area contributed by atoms with Crippen molar-refractivity contribution in [1.29, 1.82) is 0 Å². The molecule has 8 nitrogen and oxygen atoms in total. The molecule has 1 aromatic heterocycles. The van der Waals surface area contributed by atoms with E-state index in [2.05, 4.69) is 20.4 Å². The number of carbonyl (C=O) groups is 3. The highest BCUT2D eigenvalue weighted by molar-refractivity contribution is 5.99. The zero-order valence-electron chi connectivity index (χ0n) is 22.8. The number of carbonyl (C=O) groups excluding carboxylic acids is 2. The number of benzene rings is 2. The van der Waals surface area contributed by atoms with Crippen molar-refractivity contribution < 1.29 is 46.2 Å². The average molecular weight is 594 g/mol. The molecule has 0 radical (unpaired) electrons. The maximum absolute atomic E-state index is 15.1. The van der Waals surface area contributed by atoms with Gasteiger partial charge >= 0.3 is 12.3 Å². The summed E-state index contributed by atoms with van der Waals surface area (Å²) in [7, 11) is 0. The van der Waals surface area contributed by atoms with Gasteiger partial charge in [0.25, 0.3) is 5.91 Å². The Kier molecular flexibility index (Phi) is 10.2. The van der Waals surface area contributed by atoms with Gasteiger partial charge in [0.05, 0.1) is 12.5 Å². The first-order valence-corrected chi connectivity index (χ1v) is 12.8. The highest BCUT2D eigenvalue weighted by Crippen LogP contribution is 2.33. The first-order chi connectivity index (χ1) is 19.7. The minimum absolute atomic E-state index is 0.0215. The van der Waals surface area contributed by atoms with Gasteiger partial charge in [-0.25, -0.2) is 13.8 Å². The van der Waals surface area contributed by atoms with Crippen LogP contribution in [0.5, 0.6) is 5.88 Å². The zero-order valence-corrected chi connectivity index (χ0v) is 22.8. The maximum Gasteiger partial charge on any atom is 0.574 e. The number of amides is 2. The molecule has 0 spiro atoms. The Bertz CT molecular complexity index is 1460. The lowest BCUT2D eigenvalue weighted by atomic mass is 9.92. The lowest BCUT2D eigenvalue weighted by Gasteiger charge is -2.24. The Morgan fingerprint density at radius 3 is 2.29 bits per heavy atom. The van der Waals surface area contributed by atoms with Gasteiger partial charge in [0.15, 0.2) is 11.6 Å². The normalized spacial score (nSPS) is 12.8. The molecule has 3 N–H and O–H groups in total. The van der Waals surface area contributed by atoms with E-state index in [-0.39, 0.29) is 12.0 Å². The summed E-state index contributed by atoms with van der Waals surface area (Å²) in [6.07, 6.45) is -4.71. The summed E-state index contributed by atoms with van der Waals surface area (Å²) < 4.78 is 72.1. The van der Waals surface area contributed by atoms with Crippen LogP contribution in [-0.2, 0) is 9.59 Å². The fourth-order valence-corrected chi connectivity index (χ4v) is 4.51. The second-order valence-electron chi connectivity index (χ2n) is 9.51. The smallest absolute Gasteiger partial charge is 0.481 e. The van der Waals surface area contributed by atoms with Crippen LogP contribution in [0, 0.1) is 25.5 Å². The summed E-state index contributed by atoms with van der Waals surface area (Å²) in [4.78, 5) is 41.2. The first-order valence-electron chi connectivity index (χ1n) is 12.8. The van der Waals surface area contributed by atoms with Gasteiger partial charge in [-0.3, -0.25) is 14.4 Å². The molecule has 2 aromatic carbocycles. The van der Waals surface area contributed by atoms with Gasteiger partial charge in [-0.1, -0.05) is 31.5 Å². The number of hydrogen-bond acceptors (Lipinski definition) is 5. The molecule has 42 heavy (non-hydrogen) atoms. The predicted molar refractivity (Wildman–Crippen MR) is 141 cm³/mol. The molecule has 3 aromatic rings. The largest absolute Gasteiger partial charge is 0.574 e. The standard InChI is InChI=1S/C29H28F5N3O5/c1-4-7-21(36-26(40)18-10-6-11-35-28(18)42-29(32,33)34)27(41)37-22(14-23(38)39)19-12-17(13-20(30)25(19)31)24-15(2)8-5-9-16(24)3/h5-6,8-13,21-22H,4,7,14H2,1-3H3,(H,36,40)(H,37,41)(H,38,39)/t21-,22-/m0/s1.